The van der Waals surface area contributed by atoms with Gasteiger partial charge in [0.1, 0.15) is 29.1 Å². The van der Waals surface area contributed by atoms with Crippen LogP contribution < -0.4 is 5.32 Å². The molecule has 298 valence electrons. The second kappa shape index (κ2) is 20.9. The number of benzene rings is 1. The van der Waals surface area contributed by atoms with Gasteiger partial charge >= 0.3 is 0 Å². The monoisotopic (exact) mass is 765 g/mol. The third-order valence-electron chi connectivity index (χ3n) is 11.3. The molecule has 1 fully saturated rings. The van der Waals surface area contributed by atoms with E-state index >= 15 is 0 Å². The van der Waals surface area contributed by atoms with Crippen LogP contribution in [0.2, 0.25) is 0 Å². The molecule has 2 aromatic rings. The number of amides is 2. The second-order valence-electron chi connectivity index (χ2n) is 15.7. The molecule has 0 saturated carbocycles. The quantitative estimate of drug-likeness (QED) is 0.134. The van der Waals surface area contributed by atoms with Gasteiger partial charge in [-0.1, -0.05) is 66.5 Å². The number of ketones is 1. The third kappa shape index (κ3) is 12.0. The van der Waals surface area contributed by atoms with Gasteiger partial charge in [-0.3, -0.25) is 19.3 Å². The molecule has 0 radical (unpaired) electrons. The number of Topliss-reactive ketones (excluding diaryl/α,β-unsaturated/α-hetero) is 1. The normalized spacial score (nSPS) is 19.5. The van der Waals surface area contributed by atoms with Gasteiger partial charge < -0.3 is 20.1 Å². The molecule has 1 aromatic heterocycles. The Labute approximate surface area is 326 Å². The first-order valence-electron chi connectivity index (χ1n) is 19.9. The van der Waals surface area contributed by atoms with E-state index in [1.165, 1.54) is 11.3 Å². The van der Waals surface area contributed by atoms with Crippen molar-refractivity contribution in [1.29, 1.82) is 0 Å². The topological polar surface area (TPSA) is 149 Å². The van der Waals surface area contributed by atoms with Crippen LogP contribution in [-0.2, 0) is 20.7 Å². The summed E-state index contributed by atoms with van der Waals surface area (Å²) in [6, 6.07) is 6.49. The molecular weight excluding hydrogens is 703 g/mol. The molecule has 2 aliphatic heterocycles. The maximum atomic E-state index is 14.3. The maximum Gasteiger partial charge on any atom is 0.270 e. The summed E-state index contributed by atoms with van der Waals surface area (Å²) in [7, 11) is 3.88. The van der Waals surface area contributed by atoms with E-state index in [1.54, 1.807) is 17.5 Å². The molecule has 2 N–H and O–H groups in total. The number of hydrogen-bond donors (Lipinski definition) is 2. The number of aromatic hydroxyl groups is 1. The van der Waals surface area contributed by atoms with E-state index in [4.69, 9.17) is 9.72 Å². The van der Waals surface area contributed by atoms with E-state index in [0.717, 1.165) is 49.9 Å². The molecule has 4 rings (SSSR count). The number of ether oxygens (including phenoxy) is 1. The summed E-state index contributed by atoms with van der Waals surface area (Å²) in [5.74, 6) is -0.0770. The highest BCUT2D eigenvalue weighted by molar-refractivity contribution is 7.09. The number of nitrogens with zero attached hydrogens (tertiary/aromatic N) is 6. The highest BCUT2D eigenvalue weighted by Gasteiger charge is 2.37. The van der Waals surface area contributed by atoms with Crippen LogP contribution in [0.1, 0.15) is 120 Å². The van der Waals surface area contributed by atoms with Gasteiger partial charge in [-0.15, -0.1) is 16.4 Å². The number of thiazole rings is 1. The molecule has 54 heavy (non-hydrogen) atoms. The summed E-state index contributed by atoms with van der Waals surface area (Å²) < 4.78 is 6.41. The highest BCUT2D eigenvalue weighted by atomic mass is 32.1. The van der Waals surface area contributed by atoms with E-state index in [0.29, 0.717) is 43.1 Å². The minimum Gasteiger partial charge on any atom is -0.508 e. The maximum absolute atomic E-state index is 14.3. The molecule has 0 spiro atoms. The van der Waals surface area contributed by atoms with Gasteiger partial charge in [0.15, 0.2) is 5.78 Å². The van der Waals surface area contributed by atoms with Gasteiger partial charge in [0.05, 0.1) is 11.8 Å². The van der Waals surface area contributed by atoms with Crippen LogP contribution in [0.5, 0.6) is 5.75 Å². The lowest BCUT2D eigenvalue weighted by molar-refractivity contribution is -0.143. The fourth-order valence-corrected chi connectivity index (χ4v) is 8.48. The minimum atomic E-state index is -0.417. The smallest absolute Gasteiger partial charge is 0.270 e. The molecule has 2 aliphatic rings. The van der Waals surface area contributed by atoms with Gasteiger partial charge in [0, 0.05) is 55.8 Å². The average molecular weight is 766 g/mol. The van der Waals surface area contributed by atoms with Crippen molar-refractivity contribution in [2.45, 2.75) is 124 Å². The molecule has 0 bridgehead atoms. The Morgan fingerprint density at radius 2 is 1.83 bits per heavy atom. The molecule has 2 amide bonds. The van der Waals surface area contributed by atoms with Crippen LogP contribution in [0.4, 0.5) is 0 Å². The van der Waals surface area contributed by atoms with E-state index in [1.807, 2.05) is 31.1 Å². The first-order chi connectivity index (χ1) is 25.8. The Morgan fingerprint density at radius 1 is 1.09 bits per heavy atom. The molecular formula is C41H63N7O5S. The first-order valence-corrected chi connectivity index (χ1v) is 20.8. The molecule has 1 saturated heterocycles. The fraction of sp³-hybridized carbons (Fsp3) is 0.683. The van der Waals surface area contributed by atoms with Crippen LogP contribution in [0.25, 0.3) is 0 Å². The van der Waals surface area contributed by atoms with E-state index in [-0.39, 0.29) is 65.6 Å². The lowest BCUT2D eigenvalue weighted by Gasteiger charge is -2.38. The number of piperidine rings is 1. The van der Waals surface area contributed by atoms with Gasteiger partial charge in [-0.05, 0) is 80.5 Å². The largest absolute Gasteiger partial charge is 0.508 e. The number of likely N-dealkylation sites (N-methyl/N-ethyl adjacent to an activating group) is 1. The number of likely N-dealkylation sites (tertiary alicyclic amines) is 1. The van der Waals surface area contributed by atoms with Crippen LogP contribution in [0.15, 0.2) is 45.1 Å². The Kier molecular flexibility index (Phi) is 16.7. The van der Waals surface area contributed by atoms with Gasteiger partial charge in [0.25, 0.3) is 5.91 Å². The van der Waals surface area contributed by atoms with Crippen molar-refractivity contribution < 1.29 is 24.2 Å². The van der Waals surface area contributed by atoms with E-state index < -0.39 is 12.0 Å². The second-order valence-corrected chi connectivity index (χ2v) is 16.6. The molecule has 3 heterocycles. The number of rotatable bonds is 21. The lowest BCUT2D eigenvalue weighted by atomic mass is 9.83. The lowest BCUT2D eigenvalue weighted by Crippen LogP contribution is -2.48. The highest BCUT2D eigenvalue weighted by Crippen LogP contribution is 2.33. The van der Waals surface area contributed by atoms with Crippen molar-refractivity contribution in [3.63, 3.8) is 0 Å². The number of hydrogen-bond acceptors (Lipinski definition) is 11. The van der Waals surface area contributed by atoms with Crippen LogP contribution >= 0.6 is 11.3 Å². The predicted octanol–water partition coefficient (Wildman–Crippen LogP) is 7.48. The average Bonchev–Trinajstić information content (AvgIpc) is 3.88. The molecule has 13 heteroatoms. The van der Waals surface area contributed by atoms with Crippen molar-refractivity contribution in [2.24, 2.45) is 39.1 Å². The molecule has 7 atom stereocenters. The number of phenols is 1. The number of aromatic nitrogens is 1. The standard InChI is InChI=1S/C41H63N7O5S/c1-9-19-53-38(23-36(26(3)4)48(8)41(52)32(27(5)10-2)22-37(50)35-13-11-12-18-47(35)7)40-44-34(25-54-40)39(51)43-30(20-28(6)33-24-42-46-45-33)21-29-14-16-31(49)17-15-29/h14-17,25-28,30,32,35-36,38,49H,9-13,18-24H2,1-8H3,(H,43,51)/t27-,28-,30+,32-,35+,36+,38+/m0/s1. The molecule has 1 aromatic carbocycles. The van der Waals surface area contributed by atoms with Crippen molar-refractivity contribution in [2.75, 3.05) is 33.8 Å². The summed E-state index contributed by atoms with van der Waals surface area (Å²) in [6.07, 6.45) is 6.17. The number of nitrogens with one attached hydrogen (secondary N) is 1. The van der Waals surface area contributed by atoms with Gasteiger partial charge in [0.2, 0.25) is 5.91 Å². The zero-order chi connectivity index (χ0) is 39.4. The van der Waals surface area contributed by atoms with Crippen molar-refractivity contribution in [1.82, 2.24) is 20.1 Å². The zero-order valence-corrected chi connectivity index (χ0v) is 34.5. The number of phenolic OH excluding ortho intramolecular Hbond substituents is 1. The van der Waals surface area contributed by atoms with Gasteiger partial charge in [-0.2, -0.15) is 5.11 Å². The van der Waals surface area contributed by atoms with Crippen LogP contribution in [0, 0.1) is 23.7 Å². The van der Waals surface area contributed by atoms with Crippen molar-refractivity contribution >= 4 is 34.6 Å². The van der Waals surface area contributed by atoms with Crippen molar-refractivity contribution in [3.05, 3.63) is 45.9 Å². The number of carbonyl (C=O) groups is 3. The number of carbonyl (C=O) groups excluding carboxylic acids is 3. The summed E-state index contributed by atoms with van der Waals surface area (Å²) in [5, 5.41) is 27.4. The predicted molar refractivity (Wildman–Crippen MR) is 214 cm³/mol. The fourth-order valence-electron chi connectivity index (χ4n) is 7.62. The SMILES string of the molecule is CCCO[C@H](C[C@H](C(C)C)N(C)C(=O)[C@@H](CC(=O)[C@H]1CCCCN1C)[C@@H](C)CC)c1nc(C(=O)N[C@@H](Cc2ccc(O)cc2)C[C@H](C)C2=NN=NC2)cs1. The summed E-state index contributed by atoms with van der Waals surface area (Å²) in [6.45, 7) is 14.4. The van der Waals surface area contributed by atoms with Gasteiger partial charge in [-0.25, -0.2) is 4.98 Å². The Bertz CT molecular complexity index is 1580. The molecule has 0 aliphatic carbocycles. The summed E-state index contributed by atoms with van der Waals surface area (Å²) >= 11 is 1.40. The first kappa shape index (κ1) is 43.2. The molecule has 12 nitrogen and oxygen atoms in total. The summed E-state index contributed by atoms with van der Waals surface area (Å²) in [4.78, 5) is 50.5. The zero-order valence-electron chi connectivity index (χ0n) is 33.7. The molecule has 0 unspecified atom stereocenters. The Hall–Kier alpha value is -3.55. The van der Waals surface area contributed by atoms with Crippen LogP contribution in [-0.4, -0.2) is 95.1 Å². The van der Waals surface area contributed by atoms with Crippen LogP contribution in [0.3, 0.4) is 0 Å². The van der Waals surface area contributed by atoms with E-state index in [9.17, 15) is 19.5 Å². The third-order valence-corrected chi connectivity index (χ3v) is 12.2. The van der Waals surface area contributed by atoms with E-state index in [2.05, 4.69) is 67.2 Å². The Morgan fingerprint density at radius 3 is 2.46 bits per heavy atom. The minimum absolute atomic E-state index is 0.00289. The summed E-state index contributed by atoms with van der Waals surface area (Å²) in [5.41, 5.74) is 2.19. The Balaban J connectivity index is 1.50. The van der Waals surface area contributed by atoms with Crippen molar-refractivity contribution in [3.8, 4) is 5.75 Å².